The monoisotopic (exact) mass is 254 g/mol. The van der Waals surface area contributed by atoms with E-state index in [2.05, 4.69) is 24.1 Å². The maximum atomic E-state index is 13.3. The molecule has 1 aliphatic heterocycles. The van der Waals surface area contributed by atoms with Crippen molar-refractivity contribution in [1.29, 1.82) is 0 Å². The van der Waals surface area contributed by atoms with Crippen LogP contribution in [-0.2, 0) is 0 Å². The minimum absolute atomic E-state index is 0.0864. The third-order valence-electron chi connectivity index (χ3n) is 4.00. The third-order valence-corrected chi connectivity index (χ3v) is 4.00. The van der Waals surface area contributed by atoms with Crippen molar-refractivity contribution in [3.63, 3.8) is 0 Å². The van der Waals surface area contributed by atoms with E-state index in [1.165, 1.54) is 12.1 Å². The highest BCUT2D eigenvalue weighted by Crippen LogP contribution is 2.25. The molecule has 0 bridgehead atoms. The van der Waals surface area contributed by atoms with Gasteiger partial charge in [0.15, 0.2) is 11.6 Å². The number of hydrogen-bond acceptors (Lipinski definition) is 2. The third kappa shape index (κ3) is 2.48. The van der Waals surface area contributed by atoms with E-state index in [-0.39, 0.29) is 5.54 Å². The van der Waals surface area contributed by atoms with Crippen molar-refractivity contribution in [3.8, 4) is 0 Å². The van der Waals surface area contributed by atoms with E-state index >= 15 is 0 Å². The summed E-state index contributed by atoms with van der Waals surface area (Å²) in [5, 5.41) is 3.55. The lowest BCUT2D eigenvalue weighted by Gasteiger charge is -2.44. The van der Waals surface area contributed by atoms with Crippen molar-refractivity contribution in [1.82, 2.24) is 5.32 Å². The van der Waals surface area contributed by atoms with Crippen molar-refractivity contribution in [2.45, 2.75) is 32.2 Å². The molecule has 1 aromatic carbocycles. The van der Waals surface area contributed by atoms with Gasteiger partial charge in [0.25, 0.3) is 0 Å². The number of rotatable bonds is 3. The Balaban J connectivity index is 2.20. The smallest absolute Gasteiger partial charge is 0.160 e. The van der Waals surface area contributed by atoms with Crippen molar-refractivity contribution >= 4 is 5.69 Å². The average molecular weight is 254 g/mol. The Morgan fingerprint density at radius 3 is 2.56 bits per heavy atom. The van der Waals surface area contributed by atoms with Crippen molar-refractivity contribution in [2.75, 3.05) is 24.5 Å². The maximum absolute atomic E-state index is 13.3. The summed E-state index contributed by atoms with van der Waals surface area (Å²) in [5.41, 5.74) is 0.852. The number of nitrogens with zero attached hydrogens (tertiary/aromatic N) is 1. The van der Waals surface area contributed by atoms with Gasteiger partial charge in [-0.2, -0.15) is 0 Å². The molecule has 1 heterocycles. The van der Waals surface area contributed by atoms with Crippen LogP contribution in [0.2, 0.25) is 0 Å². The number of piperazine rings is 1. The molecule has 0 spiro atoms. The molecule has 18 heavy (non-hydrogen) atoms. The molecule has 1 N–H and O–H groups in total. The molecule has 2 nitrogen and oxygen atoms in total. The van der Waals surface area contributed by atoms with Crippen molar-refractivity contribution < 1.29 is 8.78 Å². The number of nitrogens with one attached hydrogen (secondary N) is 1. The Morgan fingerprint density at radius 2 is 1.94 bits per heavy atom. The molecule has 1 fully saturated rings. The van der Waals surface area contributed by atoms with Crippen LogP contribution in [0.15, 0.2) is 18.2 Å². The van der Waals surface area contributed by atoms with Crippen LogP contribution in [0.5, 0.6) is 0 Å². The van der Waals surface area contributed by atoms with Gasteiger partial charge in [0.05, 0.1) is 0 Å². The number of hydrogen-bond donors (Lipinski definition) is 1. The topological polar surface area (TPSA) is 15.3 Å². The second-order valence-corrected chi connectivity index (χ2v) is 4.93. The quantitative estimate of drug-likeness (QED) is 0.892. The average Bonchev–Trinajstić information content (AvgIpc) is 2.42. The largest absolute Gasteiger partial charge is 0.368 e. The molecule has 1 aromatic rings. The van der Waals surface area contributed by atoms with Gasteiger partial charge in [0.2, 0.25) is 0 Å². The predicted octanol–water partition coefficient (Wildman–Crippen LogP) is 2.93. The summed E-state index contributed by atoms with van der Waals surface area (Å²) in [7, 11) is 0. The zero-order chi connectivity index (χ0) is 13.2. The van der Waals surface area contributed by atoms with Crippen LogP contribution in [0.3, 0.4) is 0 Å². The van der Waals surface area contributed by atoms with Crippen LogP contribution < -0.4 is 10.2 Å². The van der Waals surface area contributed by atoms with Gasteiger partial charge in [0, 0.05) is 36.9 Å². The van der Waals surface area contributed by atoms with Gasteiger partial charge in [-0.25, -0.2) is 8.78 Å². The molecule has 0 unspecified atom stereocenters. The highest BCUT2D eigenvalue weighted by atomic mass is 19.2. The molecule has 0 aromatic heterocycles. The van der Waals surface area contributed by atoms with Gasteiger partial charge >= 0.3 is 0 Å². The van der Waals surface area contributed by atoms with E-state index in [0.29, 0.717) is 0 Å². The SMILES string of the molecule is CCC1(CC)CN(c2ccc(F)c(F)c2)CCN1. The van der Waals surface area contributed by atoms with Gasteiger partial charge in [-0.05, 0) is 25.0 Å². The van der Waals surface area contributed by atoms with Crippen LogP contribution in [0.25, 0.3) is 0 Å². The molecular formula is C14H20F2N2. The maximum Gasteiger partial charge on any atom is 0.160 e. The molecule has 0 atom stereocenters. The molecular weight excluding hydrogens is 234 g/mol. The van der Waals surface area contributed by atoms with Gasteiger partial charge < -0.3 is 10.2 Å². The van der Waals surface area contributed by atoms with Crippen LogP contribution in [0, 0.1) is 11.6 Å². The summed E-state index contributed by atoms with van der Waals surface area (Å²) in [4.78, 5) is 2.13. The van der Waals surface area contributed by atoms with E-state index < -0.39 is 11.6 Å². The molecule has 4 heteroatoms. The Morgan fingerprint density at radius 1 is 1.22 bits per heavy atom. The molecule has 100 valence electrons. The minimum Gasteiger partial charge on any atom is -0.368 e. The second-order valence-electron chi connectivity index (χ2n) is 4.93. The van der Waals surface area contributed by atoms with Crippen LogP contribution >= 0.6 is 0 Å². The number of benzene rings is 1. The van der Waals surface area contributed by atoms with Crippen LogP contribution in [-0.4, -0.2) is 25.2 Å². The summed E-state index contributed by atoms with van der Waals surface area (Å²) in [6.07, 6.45) is 2.06. The lowest BCUT2D eigenvalue weighted by molar-refractivity contribution is 0.277. The fourth-order valence-corrected chi connectivity index (χ4v) is 2.58. The summed E-state index contributed by atoms with van der Waals surface area (Å²) < 4.78 is 26.2. The molecule has 1 aliphatic rings. The lowest BCUT2D eigenvalue weighted by atomic mass is 9.90. The van der Waals surface area contributed by atoms with Gasteiger partial charge in [0.1, 0.15) is 0 Å². The fraction of sp³-hybridized carbons (Fsp3) is 0.571. The molecule has 2 rings (SSSR count). The van der Waals surface area contributed by atoms with E-state index in [1.54, 1.807) is 6.07 Å². The molecule has 1 saturated heterocycles. The Bertz CT molecular complexity index is 416. The molecule has 0 amide bonds. The minimum atomic E-state index is -0.786. The summed E-state index contributed by atoms with van der Waals surface area (Å²) in [6, 6.07) is 4.14. The first-order valence-corrected chi connectivity index (χ1v) is 6.55. The highest BCUT2D eigenvalue weighted by Gasteiger charge is 2.31. The lowest BCUT2D eigenvalue weighted by Crippen LogP contribution is -2.60. The van der Waals surface area contributed by atoms with E-state index in [1.807, 2.05) is 0 Å². The summed E-state index contributed by atoms with van der Waals surface area (Å²) in [5.74, 6) is -1.56. The first-order valence-electron chi connectivity index (χ1n) is 6.55. The second kappa shape index (κ2) is 5.22. The van der Waals surface area contributed by atoms with Crippen molar-refractivity contribution in [2.24, 2.45) is 0 Å². The van der Waals surface area contributed by atoms with E-state index in [4.69, 9.17) is 0 Å². The van der Waals surface area contributed by atoms with Gasteiger partial charge in [-0.15, -0.1) is 0 Å². The first-order chi connectivity index (χ1) is 8.60. The summed E-state index contributed by atoms with van der Waals surface area (Å²) >= 11 is 0. The first kappa shape index (κ1) is 13.3. The zero-order valence-corrected chi connectivity index (χ0v) is 11.0. The number of anilines is 1. The Labute approximate surface area is 107 Å². The molecule has 0 radical (unpaired) electrons. The highest BCUT2D eigenvalue weighted by molar-refractivity contribution is 5.48. The van der Waals surface area contributed by atoms with Crippen LogP contribution in [0.4, 0.5) is 14.5 Å². The molecule has 0 saturated carbocycles. The normalized spacial score (nSPS) is 19.0. The van der Waals surface area contributed by atoms with Crippen LogP contribution in [0.1, 0.15) is 26.7 Å². The van der Waals surface area contributed by atoms with Crippen molar-refractivity contribution in [3.05, 3.63) is 29.8 Å². The zero-order valence-electron chi connectivity index (χ0n) is 11.0. The van der Waals surface area contributed by atoms with E-state index in [0.717, 1.165) is 38.2 Å². The standard InChI is InChI=1S/C14H20F2N2/c1-3-14(4-2)10-18(8-7-17-14)11-5-6-12(15)13(16)9-11/h5-6,9,17H,3-4,7-8,10H2,1-2H3. The summed E-state index contributed by atoms with van der Waals surface area (Å²) in [6.45, 7) is 6.86. The van der Waals surface area contributed by atoms with Gasteiger partial charge in [-0.3, -0.25) is 0 Å². The number of halogens is 2. The Kier molecular flexibility index (Phi) is 3.85. The van der Waals surface area contributed by atoms with E-state index in [9.17, 15) is 8.78 Å². The fourth-order valence-electron chi connectivity index (χ4n) is 2.58. The Hall–Kier alpha value is -1.16. The van der Waals surface area contributed by atoms with Gasteiger partial charge in [-0.1, -0.05) is 13.8 Å². The molecule has 0 aliphatic carbocycles. The predicted molar refractivity (Wildman–Crippen MR) is 69.9 cm³/mol.